The van der Waals surface area contributed by atoms with Crippen molar-refractivity contribution >= 4 is 17.3 Å². The van der Waals surface area contributed by atoms with Crippen molar-refractivity contribution < 1.29 is 0 Å². The van der Waals surface area contributed by atoms with Gasteiger partial charge in [0.05, 0.1) is 0 Å². The number of para-hydroxylation sites is 1. The number of nitrogens with two attached hydrogens (primary N) is 1. The molecule has 0 fully saturated rings. The zero-order chi connectivity index (χ0) is 15.0. The largest absolute Gasteiger partial charge is 0.384 e. The molecule has 1 aliphatic rings. The summed E-state index contributed by atoms with van der Waals surface area (Å²) in [6.07, 6.45) is 1.10. The van der Waals surface area contributed by atoms with Gasteiger partial charge in [0.1, 0.15) is 11.7 Å². The van der Waals surface area contributed by atoms with E-state index in [1.54, 1.807) is 0 Å². The molecule has 0 aliphatic carbocycles. The van der Waals surface area contributed by atoms with E-state index in [1.165, 1.54) is 11.3 Å². The number of hydrogen-bond donors (Lipinski definition) is 2. The molecule has 0 amide bonds. The van der Waals surface area contributed by atoms with Crippen LogP contribution in [0.4, 0.5) is 11.5 Å². The van der Waals surface area contributed by atoms with Crippen LogP contribution in [0.2, 0.25) is 0 Å². The summed E-state index contributed by atoms with van der Waals surface area (Å²) in [6, 6.07) is 12.2. The van der Waals surface area contributed by atoms with E-state index in [9.17, 15) is 0 Å². The predicted molar refractivity (Wildman–Crippen MR) is 86.3 cm³/mol. The number of anilines is 2. The van der Waals surface area contributed by atoms with Crippen molar-refractivity contribution in [2.75, 3.05) is 11.4 Å². The van der Waals surface area contributed by atoms with E-state index < -0.39 is 0 Å². The summed E-state index contributed by atoms with van der Waals surface area (Å²) >= 11 is 0. The van der Waals surface area contributed by atoms with Crippen LogP contribution in [0.3, 0.4) is 0 Å². The summed E-state index contributed by atoms with van der Waals surface area (Å²) in [5.74, 6) is 1.53. The quantitative estimate of drug-likeness (QED) is 0.656. The molecule has 0 saturated carbocycles. The van der Waals surface area contributed by atoms with Gasteiger partial charge in [-0.2, -0.15) is 0 Å². The standard InChI is InChI=1S/C17H20N4/c1-11-7-13-5-3-4-6-15(13)21(10-11)16-9-14(17(18)19)8-12(2)20-16/h3-6,8-9,11H,7,10H2,1-2H3,(H3,18,19). The van der Waals surface area contributed by atoms with Gasteiger partial charge in [-0.15, -0.1) is 0 Å². The number of nitrogen functional groups attached to an aromatic ring is 1. The van der Waals surface area contributed by atoms with Crippen LogP contribution in [-0.4, -0.2) is 17.4 Å². The van der Waals surface area contributed by atoms with Crippen molar-refractivity contribution in [3.8, 4) is 0 Å². The van der Waals surface area contributed by atoms with Gasteiger partial charge in [-0.3, -0.25) is 5.41 Å². The average Bonchev–Trinajstić information content (AvgIpc) is 2.45. The summed E-state index contributed by atoms with van der Waals surface area (Å²) in [6.45, 7) is 5.13. The average molecular weight is 280 g/mol. The Balaban J connectivity index is 2.10. The van der Waals surface area contributed by atoms with E-state index in [-0.39, 0.29) is 5.84 Å². The summed E-state index contributed by atoms with van der Waals surface area (Å²) in [5.41, 5.74) is 9.81. The molecule has 108 valence electrons. The molecule has 0 spiro atoms. The Morgan fingerprint density at radius 2 is 2.10 bits per heavy atom. The van der Waals surface area contributed by atoms with Gasteiger partial charge in [0.2, 0.25) is 0 Å². The Labute approximate surface area is 125 Å². The van der Waals surface area contributed by atoms with Crippen molar-refractivity contribution in [2.45, 2.75) is 20.3 Å². The molecule has 3 rings (SSSR count). The number of aromatic nitrogens is 1. The zero-order valence-electron chi connectivity index (χ0n) is 12.4. The lowest BCUT2D eigenvalue weighted by atomic mass is 9.94. The molecule has 4 nitrogen and oxygen atoms in total. The van der Waals surface area contributed by atoms with Crippen LogP contribution in [0.1, 0.15) is 23.7 Å². The summed E-state index contributed by atoms with van der Waals surface area (Å²) in [4.78, 5) is 6.89. The Kier molecular flexibility index (Phi) is 3.37. The Morgan fingerprint density at radius 1 is 1.33 bits per heavy atom. The van der Waals surface area contributed by atoms with E-state index in [0.717, 1.165) is 30.0 Å². The SMILES string of the molecule is Cc1cc(C(=N)N)cc(N2CC(C)Cc3ccccc32)n1. The number of hydrogen-bond acceptors (Lipinski definition) is 3. The number of rotatable bonds is 2. The second-order valence-corrected chi connectivity index (χ2v) is 5.82. The highest BCUT2D eigenvalue weighted by atomic mass is 15.2. The first-order valence-corrected chi connectivity index (χ1v) is 7.23. The molecule has 0 saturated heterocycles. The number of nitrogens with one attached hydrogen (secondary N) is 1. The molecule has 1 unspecified atom stereocenters. The second-order valence-electron chi connectivity index (χ2n) is 5.82. The normalized spacial score (nSPS) is 17.4. The van der Waals surface area contributed by atoms with E-state index in [1.807, 2.05) is 19.1 Å². The molecule has 2 aromatic rings. The van der Waals surface area contributed by atoms with Crippen LogP contribution in [0.25, 0.3) is 0 Å². The molecule has 0 bridgehead atoms. The van der Waals surface area contributed by atoms with Gasteiger partial charge in [0.25, 0.3) is 0 Å². The highest BCUT2D eigenvalue weighted by Crippen LogP contribution is 2.34. The predicted octanol–water partition coefficient (Wildman–Crippen LogP) is 3.00. The molecular formula is C17H20N4. The van der Waals surface area contributed by atoms with Crippen molar-refractivity contribution in [1.29, 1.82) is 5.41 Å². The fourth-order valence-corrected chi connectivity index (χ4v) is 2.96. The van der Waals surface area contributed by atoms with Crippen LogP contribution in [0.15, 0.2) is 36.4 Å². The van der Waals surface area contributed by atoms with Crippen molar-refractivity contribution in [3.63, 3.8) is 0 Å². The highest BCUT2D eigenvalue weighted by molar-refractivity contribution is 5.96. The number of pyridine rings is 1. The van der Waals surface area contributed by atoms with Crippen LogP contribution in [0.5, 0.6) is 0 Å². The van der Waals surface area contributed by atoms with Gasteiger partial charge in [0.15, 0.2) is 0 Å². The van der Waals surface area contributed by atoms with Crippen molar-refractivity contribution in [3.05, 3.63) is 53.2 Å². The Bertz CT molecular complexity index is 693. The Hall–Kier alpha value is -2.36. The summed E-state index contributed by atoms with van der Waals surface area (Å²) < 4.78 is 0. The van der Waals surface area contributed by atoms with Crippen LogP contribution < -0.4 is 10.6 Å². The number of nitrogens with zero attached hydrogens (tertiary/aromatic N) is 2. The first-order valence-electron chi connectivity index (χ1n) is 7.23. The van der Waals surface area contributed by atoms with Gasteiger partial charge < -0.3 is 10.6 Å². The fourth-order valence-electron chi connectivity index (χ4n) is 2.96. The lowest BCUT2D eigenvalue weighted by Crippen LogP contribution is -2.31. The minimum atomic E-state index is 0.0834. The van der Waals surface area contributed by atoms with E-state index in [0.29, 0.717) is 5.92 Å². The first-order chi connectivity index (χ1) is 10.0. The minimum absolute atomic E-state index is 0.0834. The Morgan fingerprint density at radius 3 is 2.86 bits per heavy atom. The maximum atomic E-state index is 7.66. The number of aryl methyl sites for hydroxylation is 1. The topological polar surface area (TPSA) is 66.0 Å². The maximum Gasteiger partial charge on any atom is 0.133 e. The summed E-state index contributed by atoms with van der Waals surface area (Å²) in [5, 5.41) is 7.66. The van der Waals surface area contributed by atoms with E-state index >= 15 is 0 Å². The molecule has 1 aromatic carbocycles. The lowest BCUT2D eigenvalue weighted by Gasteiger charge is -2.34. The molecule has 2 heterocycles. The maximum absolute atomic E-state index is 7.66. The smallest absolute Gasteiger partial charge is 0.133 e. The zero-order valence-corrected chi connectivity index (χ0v) is 12.4. The molecule has 0 radical (unpaired) electrons. The van der Waals surface area contributed by atoms with Crippen LogP contribution in [-0.2, 0) is 6.42 Å². The molecule has 1 atom stereocenters. The molecule has 4 heteroatoms. The second kappa shape index (κ2) is 5.20. The van der Waals surface area contributed by atoms with Gasteiger partial charge in [-0.25, -0.2) is 4.98 Å². The molecule has 21 heavy (non-hydrogen) atoms. The molecule has 3 N–H and O–H groups in total. The monoisotopic (exact) mass is 280 g/mol. The van der Waals surface area contributed by atoms with Gasteiger partial charge in [-0.05, 0) is 43.0 Å². The highest BCUT2D eigenvalue weighted by Gasteiger charge is 2.23. The number of benzene rings is 1. The van der Waals surface area contributed by atoms with Gasteiger partial charge in [-0.1, -0.05) is 25.1 Å². The summed E-state index contributed by atoms with van der Waals surface area (Å²) in [7, 11) is 0. The van der Waals surface area contributed by atoms with E-state index in [2.05, 4.69) is 41.1 Å². The lowest BCUT2D eigenvalue weighted by molar-refractivity contribution is 0.560. The van der Waals surface area contributed by atoms with E-state index in [4.69, 9.17) is 11.1 Å². The van der Waals surface area contributed by atoms with Crippen molar-refractivity contribution in [1.82, 2.24) is 4.98 Å². The van der Waals surface area contributed by atoms with Gasteiger partial charge in [0, 0.05) is 23.5 Å². The van der Waals surface area contributed by atoms with Crippen LogP contribution in [0, 0.1) is 18.3 Å². The fraction of sp³-hybridized carbons (Fsp3) is 0.294. The molecular weight excluding hydrogens is 260 g/mol. The molecule has 1 aliphatic heterocycles. The third-order valence-corrected chi connectivity index (χ3v) is 3.87. The third kappa shape index (κ3) is 2.61. The third-order valence-electron chi connectivity index (χ3n) is 3.87. The minimum Gasteiger partial charge on any atom is -0.384 e. The van der Waals surface area contributed by atoms with Crippen molar-refractivity contribution in [2.24, 2.45) is 11.7 Å². The van der Waals surface area contributed by atoms with Gasteiger partial charge >= 0.3 is 0 Å². The first kappa shape index (κ1) is 13.6. The molecule has 1 aromatic heterocycles. The van der Waals surface area contributed by atoms with Crippen LogP contribution >= 0.6 is 0 Å². The number of fused-ring (bicyclic) bond motifs is 1. The number of amidine groups is 1.